The standard InChI is InChI=1S/C11H21NO4S/c1-2-8-17(14,15)9-7-16-11-5-3-10(12-13)4-6-11/h11,13H,2-9H2,1H3. The van der Waals surface area contributed by atoms with Crippen LogP contribution in [0.3, 0.4) is 0 Å². The summed E-state index contributed by atoms with van der Waals surface area (Å²) in [4.78, 5) is 0. The molecule has 17 heavy (non-hydrogen) atoms. The summed E-state index contributed by atoms with van der Waals surface area (Å²) >= 11 is 0. The number of oxime groups is 1. The van der Waals surface area contributed by atoms with E-state index in [-0.39, 0.29) is 24.2 Å². The van der Waals surface area contributed by atoms with Crippen molar-refractivity contribution >= 4 is 15.5 Å². The van der Waals surface area contributed by atoms with Crippen LogP contribution in [0.25, 0.3) is 0 Å². The summed E-state index contributed by atoms with van der Waals surface area (Å²) in [6, 6.07) is 0. The summed E-state index contributed by atoms with van der Waals surface area (Å²) in [5.41, 5.74) is 0.809. The fraction of sp³-hybridized carbons (Fsp3) is 0.909. The van der Waals surface area contributed by atoms with E-state index in [1.165, 1.54) is 0 Å². The van der Waals surface area contributed by atoms with Gasteiger partial charge in [0.15, 0.2) is 9.84 Å². The van der Waals surface area contributed by atoms with Crippen LogP contribution in [0.15, 0.2) is 5.16 Å². The first-order valence-corrected chi connectivity index (χ1v) is 7.91. The predicted molar refractivity (Wildman–Crippen MR) is 66.4 cm³/mol. The van der Waals surface area contributed by atoms with Crippen LogP contribution in [0.5, 0.6) is 0 Å². The molecule has 1 fully saturated rings. The predicted octanol–water partition coefficient (Wildman–Crippen LogP) is 1.60. The van der Waals surface area contributed by atoms with Crippen molar-refractivity contribution in [2.45, 2.75) is 45.1 Å². The van der Waals surface area contributed by atoms with Crippen LogP contribution in [0.1, 0.15) is 39.0 Å². The molecule has 0 unspecified atom stereocenters. The zero-order valence-corrected chi connectivity index (χ0v) is 11.1. The molecular weight excluding hydrogens is 242 g/mol. The van der Waals surface area contributed by atoms with Crippen LogP contribution in [0.4, 0.5) is 0 Å². The molecule has 6 heteroatoms. The Morgan fingerprint density at radius 3 is 2.53 bits per heavy atom. The van der Waals surface area contributed by atoms with Crippen molar-refractivity contribution in [1.82, 2.24) is 0 Å². The lowest BCUT2D eigenvalue weighted by atomic mass is 9.96. The molecule has 0 heterocycles. The van der Waals surface area contributed by atoms with E-state index in [0.29, 0.717) is 6.42 Å². The largest absolute Gasteiger partial charge is 0.411 e. The zero-order valence-electron chi connectivity index (χ0n) is 10.3. The van der Waals surface area contributed by atoms with E-state index < -0.39 is 9.84 Å². The average Bonchev–Trinajstić information content (AvgIpc) is 2.29. The van der Waals surface area contributed by atoms with Gasteiger partial charge in [-0.3, -0.25) is 0 Å². The van der Waals surface area contributed by atoms with E-state index in [0.717, 1.165) is 31.4 Å². The molecule has 0 saturated heterocycles. The second-order valence-electron chi connectivity index (χ2n) is 4.39. The number of ether oxygens (including phenoxy) is 1. The third-order valence-corrected chi connectivity index (χ3v) is 4.73. The van der Waals surface area contributed by atoms with Gasteiger partial charge in [0.1, 0.15) is 0 Å². The first-order chi connectivity index (χ1) is 8.07. The number of hydrogen-bond acceptors (Lipinski definition) is 5. The molecule has 1 saturated carbocycles. The van der Waals surface area contributed by atoms with Gasteiger partial charge < -0.3 is 9.94 Å². The fourth-order valence-corrected chi connectivity index (χ4v) is 3.12. The van der Waals surface area contributed by atoms with Gasteiger partial charge in [-0.05, 0) is 32.1 Å². The van der Waals surface area contributed by atoms with Gasteiger partial charge in [0, 0.05) is 5.75 Å². The van der Waals surface area contributed by atoms with Gasteiger partial charge in [0.25, 0.3) is 0 Å². The molecule has 1 rings (SSSR count). The Labute approximate surface area is 103 Å². The third-order valence-electron chi connectivity index (χ3n) is 2.91. The van der Waals surface area contributed by atoms with E-state index in [4.69, 9.17) is 9.94 Å². The second-order valence-corrected chi connectivity index (χ2v) is 6.69. The maximum absolute atomic E-state index is 11.4. The Bertz CT molecular complexity index is 340. The summed E-state index contributed by atoms with van der Waals surface area (Å²) in [7, 11) is -2.94. The van der Waals surface area contributed by atoms with E-state index in [1.54, 1.807) is 0 Å². The van der Waals surface area contributed by atoms with Crippen molar-refractivity contribution in [2.75, 3.05) is 18.1 Å². The van der Waals surface area contributed by atoms with Gasteiger partial charge in [-0.25, -0.2) is 8.42 Å². The van der Waals surface area contributed by atoms with Crippen LogP contribution in [-0.2, 0) is 14.6 Å². The molecule has 100 valence electrons. The molecule has 0 aromatic rings. The molecule has 0 bridgehead atoms. The summed E-state index contributed by atoms with van der Waals surface area (Å²) in [5.74, 6) is 0.348. The van der Waals surface area contributed by atoms with Crippen molar-refractivity contribution in [3.8, 4) is 0 Å². The fourth-order valence-electron chi connectivity index (χ4n) is 1.95. The third kappa shape index (κ3) is 5.50. The zero-order chi connectivity index (χ0) is 12.7. The van der Waals surface area contributed by atoms with Gasteiger partial charge in [-0.1, -0.05) is 12.1 Å². The Morgan fingerprint density at radius 1 is 1.35 bits per heavy atom. The maximum atomic E-state index is 11.4. The van der Waals surface area contributed by atoms with Crippen LogP contribution >= 0.6 is 0 Å². The molecular formula is C11H21NO4S. The summed E-state index contributed by atoms with van der Waals surface area (Å²) in [5, 5.41) is 11.8. The number of nitrogens with zero attached hydrogens (tertiary/aromatic N) is 1. The minimum Gasteiger partial charge on any atom is -0.411 e. The smallest absolute Gasteiger partial charge is 0.152 e. The molecule has 0 aliphatic heterocycles. The molecule has 0 radical (unpaired) electrons. The van der Waals surface area contributed by atoms with Gasteiger partial charge in [0.2, 0.25) is 0 Å². The molecule has 5 nitrogen and oxygen atoms in total. The van der Waals surface area contributed by atoms with Crippen LogP contribution in [0.2, 0.25) is 0 Å². The van der Waals surface area contributed by atoms with Crippen molar-refractivity contribution < 1.29 is 18.4 Å². The average molecular weight is 263 g/mol. The Hall–Kier alpha value is -0.620. The normalized spacial score (nSPS) is 21.5. The highest BCUT2D eigenvalue weighted by atomic mass is 32.2. The lowest BCUT2D eigenvalue weighted by molar-refractivity contribution is 0.0500. The minimum atomic E-state index is -2.94. The maximum Gasteiger partial charge on any atom is 0.152 e. The SMILES string of the molecule is CCCS(=O)(=O)CCOC1CCC(=NO)CC1. The topological polar surface area (TPSA) is 76.0 Å². The molecule has 0 aromatic heterocycles. The molecule has 1 aliphatic carbocycles. The highest BCUT2D eigenvalue weighted by Crippen LogP contribution is 2.18. The minimum absolute atomic E-state index is 0.109. The lowest BCUT2D eigenvalue weighted by Crippen LogP contribution is -2.25. The quantitative estimate of drug-likeness (QED) is 0.583. The van der Waals surface area contributed by atoms with Gasteiger partial charge >= 0.3 is 0 Å². The monoisotopic (exact) mass is 263 g/mol. The van der Waals surface area contributed by atoms with Crippen LogP contribution in [-0.4, -0.2) is 43.6 Å². The molecule has 0 spiro atoms. The lowest BCUT2D eigenvalue weighted by Gasteiger charge is -2.22. The Balaban J connectivity index is 2.20. The van der Waals surface area contributed by atoms with E-state index >= 15 is 0 Å². The molecule has 1 aliphatic rings. The first kappa shape index (κ1) is 14.4. The summed E-state index contributed by atoms with van der Waals surface area (Å²) in [6.45, 7) is 2.13. The number of rotatable bonds is 6. The van der Waals surface area contributed by atoms with E-state index in [1.807, 2.05) is 6.92 Å². The van der Waals surface area contributed by atoms with Crippen molar-refractivity contribution in [2.24, 2.45) is 5.16 Å². The summed E-state index contributed by atoms with van der Waals surface area (Å²) in [6.07, 6.45) is 3.87. The summed E-state index contributed by atoms with van der Waals surface area (Å²) < 4.78 is 28.4. The number of hydrogen-bond donors (Lipinski definition) is 1. The van der Waals surface area contributed by atoms with Gasteiger partial charge in [0.05, 0.1) is 24.2 Å². The van der Waals surface area contributed by atoms with Crippen molar-refractivity contribution in [1.29, 1.82) is 0 Å². The van der Waals surface area contributed by atoms with E-state index in [2.05, 4.69) is 5.16 Å². The van der Waals surface area contributed by atoms with Gasteiger partial charge in [-0.2, -0.15) is 0 Å². The second kappa shape index (κ2) is 6.96. The highest BCUT2D eigenvalue weighted by molar-refractivity contribution is 7.91. The molecule has 0 amide bonds. The van der Waals surface area contributed by atoms with Gasteiger partial charge in [-0.15, -0.1) is 0 Å². The Kier molecular flexibility index (Phi) is 5.91. The van der Waals surface area contributed by atoms with Crippen LogP contribution in [0, 0.1) is 0 Å². The first-order valence-electron chi connectivity index (χ1n) is 6.09. The Morgan fingerprint density at radius 2 is 2.00 bits per heavy atom. The molecule has 0 atom stereocenters. The van der Waals surface area contributed by atoms with Crippen molar-refractivity contribution in [3.63, 3.8) is 0 Å². The number of sulfone groups is 1. The van der Waals surface area contributed by atoms with Crippen molar-refractivity contribution in [3.05, 3.63) is 0 Å². The van der Waals surface area contributed by atoms with E-state index in [9.17, 15) is 8.42 Å². The molecule has 0 aromatic carbocycles. The molecule has 1 N–H and O–H groups in total. The highest BCUT2D eigenvalue weighted by Gasteiger charge is 2.19. The van der Waals surface area contributed by atoms with Crippen LogP contribution < -0.4 is 0 Å².